The molecule has 0 radical (unpaired) electrons. The summed E-state index contributed by atoms with van der Waals surface area (Å²) in [6.07, 6.45) is 1.29. The van der Waals surface area contributed by atoms with Crippen LogP contribution < -0.4 is 0 Å². The van der Waals surface area contributed by atoms with Gasteiger partial charge in [-0.3, -0.25) is 9.59 Å². The second kappa shape index (κ2) is 6.06. The molecule has 2 aliphatic heterocycles. The summed E-state index contributed by atoms with van der Waals surface area (Å²) in [5, 5.41) is 1.98. The molecule has 1 atom stereocenters. The molecule has 24 heavy (non-hydrogen) atoms. The predicted molar refractivity (Wildman–Crippen MR) is 93.9 cm³/mol. The molecule has 2 aromatic rings. The first-order valence-corrected chi connectivity index (χ1v) is 9.19. The van der Waals surface area contributed by atoms with Gasteiger partial charge in [-0.15, -0.1) is 11.3 Å². The Morgan fingerprint density at radius 1 is 1.33 bits per heavy atom. The van der Waals surface area contributed by atoms with E-state index in [0.717, 1.165) is 17.8 Å². The molecule has 0 bridgehead atoms. The van der Waals surface area contributed by atoms with Crippen LogP contribution >= 0.6 is 11.3 Å². The lowest BCUT2D eigenvalue weighted by Gasteiger charge is -2.44. The molecule has 4 nitrogen and oxygen atoms in total. The normalized spacial score (nSPS) is 19.9. The topological polar surface area (TPSA) is 40.6 Å². The van der Waals surface area contributed by atoms with Gasteiger partial charge in [-0.25, -0.2) is 0 Å². The Labute approximate surface area is 145 Å². The van der Waals surface area contributed by atoms with Crippen LogP contribution in [0.15, 0.2) is 35.7 Å². The van der Waals surface area contributed by atoms with Crippen molar-refractivity contribution in [2.75, 3.05) is 19.6 Å². The van der Waals surface area contributed by atoms with Crippen LogP contribution in [-0.2, 0) is 22.4 Å². The van der Waals surface area contributed by atoms with Crippen molar-refractivity contribution in [3.05, 3.63) is 57.3 Å². The average Bonchev–Trinajstić information content (AvgIpc) is 3.07. The van der Waals surface area contributed by atoms with Crippen LogP contribution in [0.2, 0.25) is 0 Å². The Bertz CT molecular complexity index is 785. The van der Waals surface area contributed by atoms with Crippen molar-refractivity contribution in [2.45, 2.75) is 25.8 Å². The summed E-state index contributed by atoms with van der Waals surface area (Å²) in [6, 6.07) is 10.4. The van der Waals surface area contributed by atoms with Gasteiger partial charge in [0.15, 0.2) is 0 Å². The molecule has 124 valence electrons. The van der Waals surface area contributed by atoms with Gasteiger partial charge >= 0.3 is 0 Å². The number of piperazine rings is 1. The average molecular weight is 340 g/mol. The number of amides is 2. The van der Waals surface area contributed by atoms with Gasteiger partial charge in [0.2, 0.25) is 11.8 Å². The second-order valence-electron chi connectivity index (χ2n) is 6.59. The van der Waals surface area contributed by atoms with E-state index >= 15 is 0 Å². The first-order chi connectivity index (χ1) is 11.6. The van der Waals surface area contributed by atoms with E-state index in [9.17, 15) is 9.59 Å². The molecule has 0 aliphatic carbocycles. The van der Waals surface area contributed by atoms with Gasteiger partial charge in [0.05, 0.1) is 19.0 Å². The van der Waals surface area contributed by atoms with Crippen molar-refractivity contribution >= 4 is 23.2 Å². The van der Waals surface area contributed by atoms with Gasteiger partial charge in [0, 0.05) is 18.0 Å². The molecular formula is C19H20N2O2S. The van der Waals surface area contributed by atoms with Crippen LogP contribution in [0.5, 0.6) is 0 Å². The summed E-state index contributed by atoms with van der Waals surface area (Å²) in [5.74, 6) is 0.113. The van der Waals surface area contributed by atoms with Crippen LogP contribution in [0.1, 0.15) is 27.6 Å². The minimum Gasteiger partial charge on any atom is -0.332 e. The Morgan fingerprint density at radius 3 is 3.00 bits per heavy atom. The number of hydrogen-bond acceptors (Lipinski definition) is 3. The Balaban J connectivity index is 1.58. The number of thiophene rings is 1. The SMILES string of the molecule is Cc1ccc2c(c1)CCN1C(=O)CN(C(=O)Cc3cccs3)CC21. The molecule has 0 saturated carbocycles. The van der Waals surface area contributed by atoms with Crippen molar-refractivity contribution in [3.63, 3.8) is 0 Å². The first kappa shape index (κ1) is 15.4. The summed E-state index contributed by atoms with van der Waals surface area (Å²) in [7, 11) is 0. The molecule has 0 spiro atoms. The third-order valence-electron chi connectivity index (χ3n) is 4.95. The molecule has 3 heterocycles. The largest absolute Gasteiger partial charge is 0.332 e. The number of nitrogens with zero attached hydrogens (tertiary/aromatic N) is 2. The number of hydrogen-bond donors (Lipinski definition) is 0. The van der Waals surface area contributed by atoms with E-state index in [4.69, 9.17) is 0 Å². The zero-order valence-corrected chi connectivity index (χ0v) is 14.5. The number of rotatable bonds is 2. The molecule has 1 aromatic heterocycles. The van der Waals surface area contributed by atoms with Crippen LogP contribution in [0, 0.1) is 6.92 Å². The fourth-order valence-electron chi connectivity index (χ4n) is 3.73. The minimum absolute atomic E-state index is 0.00267. The van der Waals surface area contributed by atoms with Gasteiger partial charge in [-0.1, -0.05) is 29.8 Å². The number of fused-ring (bicyclic) bond motifs is 3. The van der Waals surface area contributed by atoms with E-state index in [1.165, 1.54) is 16.7 Å². The summed E-state index contributed by atoms with van der Waals surface area (Å²) in [4.78, 5) is 29.9. The standard InChI is InChI=1S/C19H20N2O2S/c1-13-4-5-16-14(9-13)6-7-21-17(16)11-20(12-19(21)23)18(22)10-15-3-2-8-24-15/h2-5,8-9,17H,6-7,10-12H2,1H3. The third-order valence-corrected chi connectivity index (χ3v) is 5.83. The zero-order valence-electron chi connectivity index (χ0n) is 13.7. The number of carbonyl (C=O) groups excluding carboxylic acids is 2. The molecule has 1 fully saturated rings. The molecular weight excluding hydrogens is 320 g/mol. The van der Waals surface area contributed by atoms with Gasteiger partial charge in [-0.05, 0) is 35.9 Å². The Hall–Kier alpha value is -2.14. The minimum atomic E-state index is 0.00267. The lowest BCUT2D eigenvalue weighted by molar-refractivity contribution is -0.149. The van der Waals surface area contributed by atoms with Crippen molar-refractivity contribution in [2.24, 2.45) is 0 Å². The maximum atomic E-state index is 12.6. The van der Waals surface area contributed by atoms with Gasteiger partial charge < -0.3 is 9.80 Å². The summed E-state index contributed by atoms with van der Waals surface area (Å²) >= 11 is 1.59. The molecule has 1 aromatic carbocycles. The molecule has 1 saturated heterocycles. The molecule has 4 rings (SSSR count). The first-order valence-electron chi connectivity index (χ1n) is 8.31. The fourth-order valence-corrected chi connectivity index (χ4v) is 4.42. The van der Waals surface area contributed by atoms with Crippen LogP contribution in [0.4, 0.5) is 0 Å². The Morgan fingerprint density at radius 2 is 2.21 bits per heavy atom. The van der Waals surface area contributed by atoms with Gasteiger partial charge in [0.25, 0.3) is 0 Å². The van der Waals surface area contributed by atoms with E-state index in [-0.39, 0.29) is 24.4 Å². The number of carbonyl (C=O) groups is 2. The smallest absolute Gasteiger partial charge is 0.242 e. The molecule has 0 N–H and O–H groups in total. The van der Waals surface area contributed by atoms with Crippen molar-refractivity contribution < 1.29 is 9.59 Å². The van der Waals surface area contributed by atoms with Gasteiger partial charge in [0.1, 0.15) is 0 Å². The van der Waals surface area contributed by atoms with E-state index in [1.807, 2.05) is 22.4 Å². The predicted octanol–water partition coefficient (Wildman–Crippen LogP) is 2.57. The van der Waals surface area contributed by atoms with Gasteiger partial charge in [-0.2, -0.15) is 0 Å². The lowest BCUT2D eigenvalue weighted by Crippen LogP contribution is -2.55. The van der Waals surface area contributed by atoms with Crippen molar-refractivity contribution in [1.82, 2.24) is 9.80 Å². The summed E-state index contributed by atoms with van der Waals surface area (Å²) < 4.78 is 0. The highest BCUT2D eigenvalue weighted by atomic mass is 32.1. The maximum Gasteiger partial charge on any atom is 0.242 e. The van der Waals surface area contributed by atoms with E-state index in [0.29, 0.717) is 13.0 Å². The summed E-state index contributed by atoms with van der Waals surface area (Å²) in [5.41, 5.74) is 3.76. The van der Waals surface area contributed by atoms with Crippen LogP contribution in [0.25, 0.3) is 0 Å². The highest BCUT2D eigenvalue weighted by molar-refractivity contribution is 7.10. The quantitative estimate of drug-likeness (QED) is 0.843. The van der Waals surface area contributed by atoms with E-state index in [2.05, 4.69) is 25.1 Å². The lowest BCUT2D eigenvalue weighted by atomic mass is 9.89. The highest BCUT2D eigenvalue weighted by Gasteiger charge is 2.38. The second-order valence-corrected chi connectivity index (χ2v) is 7.62. The van der Waals surface area contributed by atoms with E-state index < -0.39 is 0 Å². The zero-order chi connectivity index (χ0) is 16.7. The van der Waals surface area contributed by atoms with E-state index in [1.54, 1.807) is 16.2 Å². The molecule has 2 aliphatic rings. The highest BCUT2D eigenvalue weighted by Crippen LogP contribution is 2.33. The fraction of sp³-hybridized carbons (Fsp3) is 0.368. The van der Waals surface area contributed by atoms with Crippen molar-refractivity contribution in [1.29, 1.82) is 0 Å². The van der Waals surface area contributed by atoms with Crippen molar-refractivity contribution in [3.8, 4) is 0 Å². The Kier molecular flexibility index (Phi) is 3.88. The third kappa shape index (κ3) is 2.73. The van der Waals surface area contributed by atoms with Crippen LogP contribution in [-0.4, -0.2) is 41.2 Å². The summed E-state index contributed by atoms with van der Waals surface area (Å²) in [6.45, 7) is 3.66. The molecule has 1 unspecified atom stereocenters. The molecule has 5 heteroatoms. The van der Waals surface area contributed by atoms with Crippen LogP contribution in [0.3, 0.4) is 0 Å². The number of aryl methyl sites for hydroxylation is 1. The number of benzene rings is 1. The maximum absolute atomic E-state index is 12.6. The monoisotopic (exact) mass is 340 g/mol. The molecule has 2 amide bonds.